The summed E-state index contributed by atoms with van der Waals surface area (Å²) in [6, 6.07) is 0. The maximum absolute atomic E-state index is 10.6. The maximum Gasteiger partial charge on any atom is 0.407 e. The van der Waals surface area contributed by atoms with Gasteiger partial charge in [-0.25, -0.2) is 4.79 Å². The van der Waals surface area contributed by atoms with Gasteiger partial charge in [0.25, 0.3) is 0 Å². The molecule has 3 nitrogen and oxygen atoms in total. The van der Waals surface area contributed by atoms with E-state index in [-0.39, 0.29) is 6.09 Å². The number of alkyl carbamates (subject to hydrolysis) is 1. The Morgan fingerprint density at radius 3 is 2.20 bits per heavy atom. The fourth-order valence-corrected chi connectivity index (χ4v) is 0.576. The average molecular weight is 144 g/mol. The topological polar surface area (TPSA) is 38.3 Å². The van der Waals surface area contributed by atoms with Gasteiger partial charge in [-0.3, -0.25) is 0 Å². The first kappa shape index (κ1) is 9.27. The van der Waals surface area contributed by atoms with Crippen LogP contribution in [-0.2, 0) is 4.74 Å². The van der Waals surface area contributed by atoms with Crippen molar-refractivity contribution in [1.29, 1.82) is 0 Å². The second-order valence-electron chi connectivity index (χ2n) is 1.89. The normalized spacial score (nSPS) is 9.60. The van der Waals surface area contributed by atoms with Crippen LogP contribution < -0.4 is 5.32 Å². The fraction of sp³-hybridized carbons (Fsp3) is 0.714. The van der Waals surface area contributed by atoms with E-state index in [1.165, 1.54) is 0 Å². The van der Waals surface area contributed by atoms with E-state index in [0.29, 0.717) is 0 Å². The summed E-state index contributed by atoms with van der Waals surface area (Å²) >= 11 is 0. The van der Waals surface area contributed by atoms with Crippen molar-refractivity contribution in [3.63, 3.8) is 0 Å². The molecule has 0 saturated carbocycles. The molecule has 1 N–H and O–H groups in total. The molecule has 1 radical (unpaired) electrons. The zero-order chi connectivity index (χ0) is 7.98. The van der Waals surface area contributed by atoms with Crippen molar-refractivity contribution in [3.8, 4) is 0 Å². The first-order chi connectivity index (χ1) is 4.74. The molecule has 0 spiro atoms. The molecule has 1 amide bonds. The fourth-order valence-electron chi connectivity index (χ4n) is 0.576. The highest BCUT2D eigenvalue weighted by Crippen LogP contribution is 2.11. The molecule has 0 atom stereocenters. The Hall–Kier alpha value is -0.730. The number of hydrogen-bond donors (Lipinski definition) is 1. The van der Waals surface area contributed by atoms with Crippen LogP contribution in [0.4, 0.5) is 4.79 Å². The Labute approximate surface area is 61.8 Å². The molecular weight excluding hydrogens is 130 g/mol. The molecule has 59 valence electrons. The summed E-state index contributed by atoms with van der Waals surface area (Å²) in [6.07, 6.45) is 2.03. The zero-order valence-corrected chi connectivity index (χ0v) is 6.73. The molecule has 0 aromatic heterocycles. The van der Waals surface area contributed by atoms with Crippen LogP contribution in [0.1, 0.15) is 26.7 Å². The van der Waals surface area contributed by atoms with Gasteiger partial charge in [-0.2, -0.15) is 0 Å². The lowest BCUT2D eigenvalue weighted by Gasteiger charge is -2.10. The first-order valence-electron chi connectivity index (χ1n) is 3.48. The quantitative estimate of drug-likeness (QED) is 0.654. The van der Waals surface area contributed by atoms with E-state index < -0.39 is 0 Å². The third kappa shape index (κ3) is 3.33. The summed E-state index contributed by atoms with van der Waals surface area (Å²) in [4.78, 5) is 10.6. The van der Waals surface area contributed by atoms with Crippen LogP contribution in [-0.4, -0.2) is 13.1 Å². The van der Waals surface area contributed by atoms with Crippen LogP contribution in [0.25, 0.3) is 0 Å². The van der Waals surface area contributed by atoms with E-state index in [9.17, 15) is 4.79 Å². The van der Waals surface area contributed by atoms with Gasteiger partial charge in [0.1, 0.15) is 0 Å². The van der Waals surface area contributed by atoms with E-state index in [2.05, 4.69) is 5.32 Å². The molecule has 0 rings (SSSR count). The smallest absolute Gasteiger partial charge is 0.407 e. The molecule has 0 aromatic carbocycles. The lowest BCUT2D eigenvalue weighted by Crippen LogP contribution is -2.21. The van der Waals surface area contributed by atoms with Crippen LogP contribution in [0, 0.1) is 6.10 Å². The highest BCUT2D eigenvalue weighted by atomic mass is 16.6. The first-order valence-corrected chi connectivity index (χ1v) is 3.48. The summed E-state index contributed by atoms with van der Waals surface area (Å²) < 4.78 is 4.86. The van der Waals surface area contributed by atoms with E-state index in [1.54, 1.807) is 7.05 Å². The van der Waals surface area contributed by atoms with Crippen molar-refractivity contribution in [2.24, 2.45) is 0 Å². The second kappa shape index (κ2) is 5.09. The predicted octanol–water partition coefficient (Wildman–Crippen LogP) is 1.69. The summed E-state index contributed by atoms with van der Waals surface area (Å²) in [7, 11) is 1.55. The van der Waals surface area contributed by atoms with Crippen molar-refractivity contribution < 1.29 is 9.53 Å². The Balaban J connectivity index is 3.52. The highest BCUT2D eigenvalue weighted by Gasteiger charge is 2.08. The Bertz CT molecular complexity index is 99.8. The largest absolute Gasteiger partial charge is 0.439 e. The standard InChI is InChI=1S/C7H14NO2/c1-4-6(5-2)10-7(9)8-3/h4-5H2,1-3H3,(H,8,9). The minimum absolute atomic E-state index is 0.376. The van der Waals surface area contributed by atoms with Crippen LogP contribution in [0.2, 0.25) is 0 Å². The van der Waals surface area contributed by atoms with E-state index >= 15 is 0 Å². The van der Waals surface area contributed by atoms with Gasteiger partial charge in [-0.05, 0) is 12.8 Å². The second-order valence-corrected chi connectivity index (χ2v) is 1.89. The molecular formula is C7H14NO2. The summed E-state index contributed by atoms with van der Waals surface area (Å²) in [6.45, 7) is 3.92. The Morgan fingerprint density at radius 1 is 1.40 bits per heavy atom. The predicted molar refractivity (Wildman–Crippen MR) is 39.4 cm³/mol. The van der Waals surface area contributed by atoms with E-state index in [0.717, 1.165) is 18.9 Å². The molecule has 3 heteroatoms. The summed E-state index contributed by atoms with van der Waals surface area (Å²) in [5, 5.41) is 2.38. The molecule has 0 unspecified atom stereocenters. The molecule has 0 bridgehead atoms. The van der Waals surface area contributed by atoms with Crippen LogP contribution in [0.15, 0.2) is 0 Å². The van der Waals surface area contributed by atoms with Gasteiger partial charge in [-0.15, -0.1) is 0 Å². The number of hydrogen-bond acceptors (Lipinski definition) is 2. The molecule has 10 heavy (non-hydrogen) atoms. The summed E-state index contributed by atoms with van der Waals surface area (Å²) in [5.74, 6) is 0. The molecule has 0 heterocycles. The Morgan fingerprint density at radius 2 is 1.90 bits per heavy atom. The number of rotatable bonds is 3. The van der Waals surface area contributed by atoms with Crippen molar-refractivity contribution in [2.45, 2.75) is 26.7 Å². The number of carbonyl (C=O) groups excluding carboxylic acids is 1. The summed E-state index contributed by atoms with van der Waals surface area (Å²) in [5.41, 5.74) is 0. The number of carbonyl (C=O) groups is 1. The highest BCUT2D eigenvalue weighted by molar-refractivity contribution is 5.67. The number of amides is 1. The third-order valence-electron chi connectivity index (χ3n) is 1.23. The maximum atomic E-state index is 10.6. The monoisotopic (exact) mass is 144 g/mol. The number of nitrogens with one attached hydrogen (secondary N) is 1. The van der Waals surface area contributed by atoms with Crippen LogP contribution in [0.3, 0.4) is 0 Å². The van der Waals surface area contributed by atoms with Crippen LogP contribution in [0.5, 0.6) is 0 Å². The molecule has 0 aromatic rings. The lowest BCUT2D eigenvalue weighted by atomic mass is 10.2. The zero-order valence-electron chi connectivity index (χ0n) is 6.73. The van der Waals surface area contributed by atoms with E-state index in [4.69, 9.17) is 4.74 Å². The van der Waals surface area contributed by atoms with Crippen molar-refractivity contribution >= 4 is 6.09 Å². The molecule has 0 aliphatic carbocycles. The average Bonchev–Trinajstić information content (AvgIpc) is 1.99. The van der Waals surface area contributed by atoms with Gasteiger partial charge in [0.15, 0.2) is 6.10 Å². The van der Waals surface area contributed by atoms with Crippen LogP contribution >= 0.6 is 0 Å². The minimum Gasteiger partial charge on any atom is -0.439 e. The van der Waals surface area contributed by atoms with Crippen molar-refractivity contribution in [3.05, 3.63) is 6.10 Å². The molecule has 0 fully saturated rings. The van der Waals surface area contributed by atoms with Gasteiger partial charge < -0.3 is 10.1 Å². The van der Waals surface area contributed by atoms with E-state index in [1.807, 2.05) is 13.8 Å². The minimum atomic E-state index is -0.376. The lowest BCUT2D eigenvalue weighted by molar-refractivity contribution is 0.147. The Kier molecular flexibility index (Phi) is 4.72. The van der Waals surface area contributed by atoms with Gasteiger partial charge >= 0.3 is 6.09 Å². The van der Waals surface area contributed by atoms with Gasteiger partial charge in [-0.1, -0.05) is 13.8 Å². The number of ether oxygens (including phenoxy) is 1. The molecule has 0 aliphatic rings. The molecule has 0 aliphatic heterocycles. The van der Waals surface area contributed by atoms with Crippen molar-refractivity contribution in [2.75, 3.05) is 7.05 Å². The van der Waals surface area contributed by atoms with Gasteiger partial charge in [0.2, 0.25) is 0 Å². The third-order valence-corrected chi connectivity index (χ3v) is 1.23. The van der Waals surface area contributed by atoms with Gasteiger partial charge in [0.05, 0.1) is 0 Å². The van der Waals surface area contributed by atoms with Crippen molar-refractivity contribution in [1.82, 2.24) is 5.32 Å². The molecule has 0 saturated heterocycles. The SMILES string of the molecule is CC[C](CC)OC(=O)NC. The van der Waals surface area contributed by atoms with Gasteiger partial charge in [0, 0.05) is 7.05 Å².